The molecule has 192 valence electrons. The number of aryl methyl sites for hydroxylation is 4. The highest BCUT2D eigenvalue weighted by Crippen LogP contribution is 2.32. The van der Waals surface area contributed by atoms with Crippen LogP contribution in [0.2, 0.25) is 0 Å². The Balaban J connectivity index is 1.64. The summed E-state index contributed by atoms with van der Waals surface area (Å²) in [5, 5.41) is 9.95. The van der Waals surface area contributed by atoms with Crippen LogP contribution in [0.3, 0.4) is 0 Å². The predicted octanol–water partition coefficient (Wildman–Crippen LogP) is 5.50. The van der Waals surface area contributed by atoms with Crippen LogP contribution >= 0.6 is 0 Å². The van der Waals surface area contributed by atoms with Crippen LogP contribution in [0.4, 0.5) is 5.69 Å². The first kappa shape index (κ1) is 26.0. The minimum absolute atomic E-state index is 0.144. The van der Waals surface area contributed by atoms with Crippen LogP contribution in [0.1, 0.15) is 40.7 Å². The maximum Gasteiger partial charge on any atom is 0.265 e. The maximum absolute atomic E-state index is 14.1. The Kier molecular flexibility index (Phi) is 7.91. The van der Waals surface area contributed by atoms with Crippen molar-refractivity contribution in [3.8, 4) is 11.5 Å². The Labute approximate surface area is 215 Å². The van der Waals surface area contributed by atoms with Crippen molar-refractivity contribution in [2.24, 2.45) is 0 Å². The highest BCUT2D eigenvalue weighted by Gasteiger charge is 2.29. The summed E-state index contributed by atoms with van der Waals surface area (Å²) >= 11 is 0. The molecule has 0 unspecified atom stereocenters. The van der Waals surface area contributed by atoms with Gasteiger partial charge in [0.05, 0.1) is 17.1 Å². The molecule has 0 bridgehead atoms. The third-order valence-electron chi connectivity index (χ3n) is 6.74. The van der Waals surface area contributed by atoms with E-state index in [0.29, 0.717) is 22.8 Å². The molecule has 4 rings (SSSR count). The summed E-state index contributed by atoms with van der Waals surface area (Å²) in [5.41, 5.74) is 4.53. The smallest absolute Gasteiger partial charge is 0.265 e. The first-order chi connectivity index (χ1) is 17.1. The van der Waals surface area contributed by atoms with Crippen LogP contribution in [0.25, 0.3) is 0 Å². The maximum atomic E-state index is 14.1. The van der Waals surface area contributed by atoms with E-state index in [0.717, 1.165) is 47.6 Å². The third kappa shape index (κ3) is 5.85. The summed E-state index contributed by atoms with van der Waals surface area (Å²) in [6, 6.07) is 16.3. The van der Waals surface area contributed by atoms with Gasteiger partial charge >= 0.3 is 0 Å². The lowest BCUT2D eigenvalue weighted by atomic mass is 10.1. The number of hydrogen-bond acceptors (Lipinski definition) is 5. The predicted molar refractivity (Wildman–Crippen MR) is 144 cm³/mol. The molecule has 1 N–H and O–H groups in total. The largest absolute Gasteiger partial charge is 0.508 e. The number of nitrogens with zero attached hydrogens (tertiary/aromatic N) is 2. The summed E-state index contributed by atoms with van der Waals surface area (Å²) < 4.78 is 35.5. The van der Waals surface area contributed by atoms with E-state index in [-0.39, 0.29) is 12.3 Å². The van der Waals surface area contributed by atoms with E-state index in [1.54, 1.807) is 31.2 Å². The number of phenols is 1. The van der Waals surface area contributed by atoms with Crippen molar-refractivity contribution in [1.82, 2.24) is 4.90 Å². The Hall–Kier alpha value is -3.03. The molecule has 0 saturated carbocycles. The van der Waals surface area contributed by atoms with Crippen LogP contribution in [-0.2, 0) is 16.6 Å². The van der Waals surface area contributed by atoms with Gasteiger partial charge in [-0.15, -0.1) is 0 Å². The second-order valence-corrected chi connectivity index (χ2v) is 11.6. The van der Waals surface area contributed by atoms with Gasteiger partial charge in [0.2, 0.25) is 0 Å². The van der Waals surface area contributed by atoms with Crippen LogP contribution in [0.15, 0.2) is 59.5 Å². The quantitative estimate of drug-likeness (QED) is 0.414. The molecule has 0 aromatic heterocycles. The Morgan fingerprint density at radius 3 is 2.14 bits per heavy atom. The summed E-state index contributed by atoms with van der Waals surface area (Å²) in [6.07, 6.45) is 2.50. The molecule has 0 radical (unpaired) electrons. The zero-order chi connectivity index (χ0) is 25.9. The lowest BCUT2D eigenvalue weighted by Crippen LogP contribution is -2.31. The molecule has 36 heavy (non-hydrogen) atoms. The number of rotatable bonds is 9. The first-order valence-electron chi connectivity index (χ1n) is 12.5. The van der Waals surface area contributed by atoms with Crippen LogP contribution in [-0.4, -0.2) is 44.7 Å². The highest BCUT2D eigenvalue weighted by molar-refractivity contribution is 7.92. The standard InChI is InChI=1S/C29H36N2O4S/c1-21-17-23(3)29(24(4)18-21)36(33,34)31(20-25-7-12-28(32)22(2)19-25)26-8-10-27(11-9-26)35-16-15-30-13-5-6-14-30/h7-12,17-19,32H,5-6,13-16,20H2,1-4H3. The van der Waals surface area contributed by atoms with Gasteiger partial charge in [0.15, 0.2) is 0 Å². The van der Waals surface area contributed by atoms with E-state index >= 15 is 0 Å². The van der Waals surface area contributed by atoms with Crippen molar-refractivity contribution < 1.29 is 18.3 Å². The SMILES string of the molecule is Cc1cc(C)c(S(=O)(=O)N(Cc2ccc(O)c(C)c2)c2ccc(OCCN3CCCC3)cc2)c(C)c1. The number of sulfonamides is 1. The zero-order valence-electron chi connectivity index (χ0n) is 21.6. The van der Waals surface area contributed by atoms with E-state index in [1.807, 2.05) is 51.1 Å². The second kappa shape index (κ2) is 10.9. The molecule has 1 aliphatic heterocycles. The van der Waals surface area contributed by atoms with Gasteiger partial charge in [-0.1, -0.05) is 29.8 Å². The van der Waals surface area contributed by atoms with Crippen molar-refractivity contribution in [2.75, 3.05) is 30.5 Å². The topological polar surface area (TPSA) is 70.1 Å². The molecule has 1 fully saturated rings. The van der Waals surface area contributed by atoms with Crippen LogP contribution in [0, 0.1) is 27.7 Å². The molecule has 0 spiro atoms. The molecular weight excluding hydrogens is 472 g/mol. The number of anilines is 1. The van der Waals surface area contributed by atoms with E-state index in [4.69, 9.17) is 4.74 Å². The Morgan fingerprint density at radius 2 is 1.53 bits per heavy atom. The van der Waals surface area contributed by atoms with Gasteiger partial charge in [0.1, 0.15) is 18.1 Å². The van der Waals surface area contributed by atoms with Gasteiger partial charge in [-0.25, -0.2) is 8.42 Å². The molecule has 0 aliphatic carbocycles. The summed E-state index contributed by atoms with van der Waals surface area (Å²) in [4.78, 5) is 2.73. The third-order valence-corrected chi connectivity index (χ3v) is 8.82. The van der Waals surface area contributed by atoms with Crippen LogP contribution < -0.4 is 9.04 Å². The Morgan fingerprint density at radius 1 is 0.889 bits per heavy atom. The van der Waals surface area contributed by atoms with Gasteiger partial charge in [-0.3, -0.25) is 9.21 Å². The molecule has 7 heteroatoms. The fraction of sp³-hybridized carbons (Fsp3) is 0.379. The molecule has 1 saturated heterocycles. The molecular formula is C29H36N2O4S. The fourth-order valence-corrected chi connectivity index (χ4v) is 6.86. The monoisotopic (exact) mass is 508 g/mol. The molecule has 6 nitrogen and oxygen atoms in total. The van der Waals surface area contributed by atoms with Crippen molar-refractivity contribution in [3.05, 3.63) is 82.4 Å². The van der Waals surface area contributed by atoms with Gasteiger partial charge < -0.3 is 9.84 Å². The minimum Gasteiger partial charge on any atom is -0.508 e. The van der Waals surface area contributed by atoms with E-state index in [1.165, 1.54) is 17.1 Å². The van der Waals surface area contributed by atoms with E-state index in [9.17, 15) is 13.5 Å². The number of likely N-dealkylation sites (tertiary alicyclic amines) is 1. The molecule has 1 heterocycles. The van der Waals surface area contributed by atoms with E-state index in [2.05, 4.69) is 4.90 Å². The van der Waals surface area contributed by atoms with Gasteiger partial charge in [0.25, 0.3) is 10.0 Å². The number of hydrogen-bond donors (Lipinski definition) is 1. The van der Waals surface area contributed by atoms with Crippen molar-refractivity contribution in [2.45, 2.75) is 52.0 Å². The number of aromatic hydroxyl groups is 1. The Bertz CT molecular complexity index is 1290. The molecule has 0 atom stereocenters. The average molecular weight is 509 g/mol. The first-order valence-corrected chi connectivity index (χ1v) is 13.9. The zero-order valence-corrected chi connectivity index (χ0v) is 22.4. The molecule has 0 amide bonds. The summed E-state index contributed by atoms with van der Waals surface area (Å²) in [7, 11) is -3.87. The van der Waals surface area contributed by atoms with E-state index < -0.39 is 10.0 Å². The minimum atomic E-state index is -3.87. The second-order valence-electron chi connectivity index (χ2n) is 9.75. The molecule has 3 aromatic rings. The average Bonchev–Trinajstić information content (AvgIpc) is 3.33. The van der Waals surface area contributed by atoms with Crippen LogP contribution in [0.5, 0.6) is 11.5 Å². The van der Waals surface area contributed by atoms with Crippen molar-refractivity contribution in [3.63, 3.8) is 0 Å². The number of ether oxygens (including phenoxy) is 1. The highest BCUT2D eigenvalue weighted by atomic mass is 32.2. The van der Waals surface area contributed by atoms with Crippen molar-refractivity contribution >= 4 is 15.7 Å². The number of phenolic OH excluding ortho intramolecular Hbond substituents is 1. The van der Waals surface area contributed by atoms with Gasteiger partial charge in [-0.2, -0.15) is 0 Å². The lowest BCUT2D eigenvalue weighted by molar-refractivity contribution is 0.238. The van der Waals surface area contributed by atoms with Gasteiger partial charge in [-0.05, 0) is 106 Å². The summed E-state index contributed by atoms with van der Waals surface area (Å²) in [6.45, 7) is 11.4. The fourth-order valence-electron chi connectivity index (χ4n) is 4.99. The molecule has 1 aliphatic rings. The lowest BCUT2D eigenvalue weighted by Gasteiger charge is -2.27. The molecule has 3 aromatic carbocycles. The number of benzene rings is 3. The normalized spacial score (nSPS) is 14.2. The van der Waals surface area contributed by atoms with Gasteiger partial charge in [0, 0.05) is 6.54 Å². The van der Waals surface area contributed by atoms with Crippen molar-refractivity contribution in [1.29, 1.82) is 0 Å². The summed E-state index contributed by atoms with van der Waals surface area (Å²) in [5.74, 6) is 0.910.